The molecule has 4 atom stereocenters. The maximum Gasteiger partial charge on any atom is 0.415 e. The highest BCUT2D eigenvalue weighted by atomic mass is 16.6. The summed E-state index contributed by atoms with van der Waals surface area (Å²) >= 11 is 0. The van der Waals surface area contributed by atoms with E-state index in [4.69, 9.17) is 9.72 Å². The lowest BCUT2D eigenvalue weighted by molar-refractivity contribution is -0.119. The molecule has 0 fully saturated rings. The van der Waals surface area contributed by atoms with Crippen molar-refractivity contribution in [3.63, 3.8) is 0 Å². The van der Waals surface area contributed by atoms with Crippen LogP contribution in [0, 0.1) is 0 Å². The van der Waals surface area contributed by atoms with Gasteiger partial charge in [-0.1, -0.05) is 74.5 Å². The molecule has 62 heavy (non-hydrogen) atoms. The average molecular weight is 836 g/mol. The number of ether oxygens (including phenoxy) is 1. The summed E-state index contributed by atoms with van der Waals surface area (Å²) in [7, 11) is 0. The standard InChI is InChI=1S/C51H61N7O4/c1-8-48(59)56-34(3)28-43(41-14-10-12-16-44(41)56)53-38-22-18-36(19-23-38)30-40-31-52-47-33-54(26-27-55(40)47)32-37-20-24-39(25-21-37)58(50(61)62-51(5,6)7)46-29-35(4)57(49(60)9-2)45-17-13-11-15-42(45)46/h10-25,31,34-35,43,46,53H,8-9,26-30,32-33H2,1-7H3/t34-,35-,43+,46+/m0/s1. The number of carbonyl (C=O) groups excluding carboxylic acids is 3. The number of benzene rings is 4. The maximum atomic E-state index is 14.0. The van der Waals surface area contributed by atoms with Gasteiger partial charge in [0.1, 0.15) is 11.4 Å². The van der Waals surface area contributed by atoms with Crippen molar-refractivity contribution in [2.45, 2.75) is 130 Å². The Morgan fingerprint density at radius 3 is 2.00 bits per heavy atom. The van der Waals surface area contributed by atoms with Crippen molar-refractivity contribution >= 4 is 40.7 Å². The summed E-state index contributed by atoms with van der Waals surface area (Å²) in [5.41, 5.74) is 8.71. The first-order valence-electron chi connectivity index (χ1n) is 22.4. The molecule has 0 unspecified atom stereocenters. The Balaban J connectivity index is 0.921. The van der Waals surface area contributed by atoms with Crippen LogP contribution in [0.1, 0.15) is 120 Å². The molecule has 11 nitrogen and oxygen atoms in total. The van der Waals surface area contributed by atoms with Crippen molar-refractivity contribution in [1.82, 2.24) is 14.5 Å². The topological polar surface area (TPSA) is 103 Å². The Hall–Kier alpha value is -5.94. The van der Waals surface area contributed by atoms with Crippen LogP contribution in [0.2, 0.25) is 0 Å². The lowest BCUT2D eigenvalue weighted by Gasteiger charge is -2.43. The Morgan fingerprint density at radius 2 is 1.35 bits per heavy atom. The number of hydrogen-bond acceptors (Lipinski definition) is 7. The van der Waals surface area contributed by atoms with Crippen molar-refractivity contribution in [2.75, 3.05) is 26.6 Å². The van der Waals surface area contributed by atoms with Gasteiger partial charge in [0.15, 0.2) is 0 Å². The Morgan fingerprint density at radius 1 is 0.758 bits per heavy atom. The van der Waals surface area contributed by atoms with Crippen LogP contribution in [0.25, 0.3) is 0 Å². The molecule has 0 radical (unpaired) electrons. The summed E-state index contributed by atoms with van der Waals surface area (Å²) in [4.78, 5) is 52.9. The Labute approximate surface area is 366 Å². The third-order valence-corrected chi connectivity index (χ3v) is 12.5. The number of amides is 3. The van der Waals surface area contributed by atoms with E-state index in [-0.39, 0.29) is 36.0 Å². The van der Waals surface area contributed by atoms with Crippen molar-refractivity contribution in [2.24, 2.45) is 0 Å². The molecule has 0 bridgehead atoms. The van der Waals surface area contributed by atoms with Gasteiger partial charge in [0.05, 0.1) is 18.6 Å². The molecule has 0 aliphatic carbocycles. The number of anilines is 4. The number of nitrogens with zero attached hydrogens (tertiary/aromatic N) is 6. The van der Waals surface area contributed by atoms with Crippen LogP contribution in [0.4, 0.5) is 27.5 Å². The molecule has 3 amide bonds. The van der Waals surface area contributed by atoms with E-state index in [0.29, 0.717) is 19.3 Å². The quantitative estimate of drug-likeness (QED) is 0.149. The van der Waals surface area contributed by atoms with E-state index in [2.05, 4.69) is 83.2 Å². The second kappa shape index (κ2) is 17.8. The van der Waals surface area contributed by atoms with Gasteiger partial charge in [-0.05, 0) is 106 Å². The van der Waals surface area contributed by atoms with Gasteiger partial charge in [0.2, 0.25) is 11.8 Å². The molecule has 8 rings (SSSR count). The molecule has 4 aromatic carbocycles. The predicted octanol–water partition coefficient (Wildman–Crippen LogP) is 10.2. The summed E-state index contributed by atoms with van der Waals surface area (Å²) in [5, 5.41) is 3.76. The predicted molar refractivity (Wildman–Crippen MR) is 246 cm³/mol. The normalized spacial score (nSPS) is 19.9. The molecule has 0 saturated heterocycles. The largest absolute Gasteiger partial charge is 0.443 e. The van der Waals surface area contributed by atoms with E-state index < -0.39 is 11.7 Å². The van der Waals surface area contributed by atoms with Gasteiger partial charge in [-0.3, -0.25) is 19.4 Å². The molecule has 1 aromatic heterocycles. The Bertz CT molecular complexity index is 2400. The van der Waals surface area contributed by atoms with Gasteiger partial charge in [0.25, 0.3) is 0 Å². The van der Waals surface area contributed by atoms with Gasteiger partial charge in [0, 0.05) is 85.6 Å². The van der Waals surface area contributed by atoms with Crippen LogP contribution in [0.5, 0.6) is 0 Å². The van der Waals surface area contributed by atoms with Crippen molar-refractivity contribution in [3.05, 3.63) is 137 Å². The lowest BCUT2D eigenvalue weighted by atomic mass is 9.90. The van der Waals surface area contributed by atoms with Crippen molar-refractivity contribution in [1.29, 1.82) is 0 Å². The van der Waals surface area contributed by atoms with Crippen molar-refractivity contribution < 1.29 is 19.1 Å². The fourth-order valence-corrected chi connectivity index (χ4v) is 9.60. The molecule has 0 saturated carbocycles. The molecular weight excluding hydrogens is 775 g/mol. The number of fused-ring (bicyclic) bond motifs is 3. The summed E-state index contributed by atoms with van der Waals surface area (Å²) < 4.78 is 8.38. The third-order valence-electron chi connectivity index (χ3n) is 12.5. The number of rotatable bonds is 10. The number of para-hydroxylation sites is 2. The van der Waals surface area contributed by atoms with E-state index in [9.17, 15) is 14.4 Å². The van der Waals surface area contributed by atoms with Gasteiger partial charge < -0.3 is 24.4 Å². The van der Waals surface area contributed by atoms with Crippen molar-refractivity contribution in [3.8, 4) is 0 Å². The average Bonchev–Trinajstić information content (AvgIpc) is 3.65. The van der Waals surface area contributed by atoms with E-state index >= 15 is 0 Å². The first-order valence-corrected chi connectivity index (χ1v) is 22.4. The molecule has 4 heterocycles. The third kappa shape index (κ3) is 8.86. The molecule has 3 aliphatic rings. The van der Waals surface area contributed by atoms with Gasteiger partial charge >= 0.3 is 6.09 Å². The highest BCUT2D eigenvalue weighted by Gasteiger charge is 2.40. The van der Waals surface area contributed by atoms with Crippen LogP contribution in [-0.2, 0) is 40.4 Å². The second-order valence-electron chi connectivity index (χ2n) is 18.2. The van der Waals surface area contributed by atoms with Crippen LogP contribution in [0.15, 0.2) is 103 Å². The Kier molecular flexibility index (Phi) is 12.3. The second-order valence-corrected chi connectivity index (χ2v) is 18.2. The zero-order valence-electron chi connectivity index (χ0n) is 37.3. The fourth-order valence-electron chi connectivity index (χ4n) is 9.60. The first kappa shape index (κ1) is 42.7. The zero-order valence-corrected chi connectivity index (χ0v) is 37.3. The summed E-state index contributed by atoms with van der Waals surface area (Å²) in [6, 6.07) is 33.0. The lowest BCUT2D eigenvalue weighted by Crippen LogP contribution is -2.48. The SMILES string of the molecule is CCC(=O)N1c2ccccc2[C@H](N(C(=O)OC(C)(C)C)c2ccc(CN3CCn4c(Cc5ccc(N[C@@H]6C[C@H](C)N(C(=O)CC)c7ccccc76)cc5)cnc4C3)cc2)C[C@@H]1C. The minimum absolute atomic E-state index is 0.0731. The highest BCUT2D eigenvalue weighted by Crippen LogP contribution is 2.43. The molecular formula is C51H61N7O4. The van der Waals surface area contributed by atoms with Gasteiger partial charge in [-0.25, -0.2) is 9.78 Å². The molecule has 3 aliphatic heterocycles. The smallest absolute Gasteiger partial charge is 0.415 e. The summed E-state index contributed by atoms with van der Waals surface area (Å²) in [5.74, 6) is 1.30. The minimum atomic E-state index is -0.676. The number of hydrogen-bond donors (Lipinski definition) is 1. The number of carbonyl (C=O) groups is 3. The monoisotopic (exact) mass is 835 g/mol. The van der Waals surface area contributed by atoms with Crippen LogP contribution < -0.4 is 20.0 Å². The van der Waals surface area contributed by atoms with Crippen LogP contribution in [0.3, 0.4) is 0 Å². The first-order chi connectivity index (χ1) is 29.8. The highest BCUT2D eigenvalue weighted by molar-refractivity contribution is 5.97. The van der Waals surface area contributed by atoms with E-state index in [1.807, 2.05) is 93.1 Å². The van der Waals surface area contributed by atoms with Gasteiger partial charge in [-0.2, -0.15) is 0 Å². The van der Waals surface area contributed by atoms with Crippen LogP contribution >= 0.6 is 0 Å². The number of nitrogens with one attached hydrogen (secondary N) is 1. The minimum Gasteiger partial charge on any atom is -0.443 e. The van der Waals surface area contributed by atoms with Crippen LogP contribution in [-0.4, -0.2) is 56.6 Å². The molecule has 324 valence electrons. The number of imidazole rings is 1. The summed E-state index contributed by atoms with van der Waals surface area (Å²) in [6.45, 7) is 16.9. The van der Waals surface area contributed by atoms with E-state index in [1.165, 1.54) is 11.3 Å². The van der Waals surface area contributed by atoms with Gasteiger partial charge in [-0.15, -0.1) is 0 Å². The molecule has 1 N–H and O–H groups in total. The van der Waals surface area contributed by atoms with E-state index in [1.54, 1.807) is 4.90 Å². The molecule has 11 heteroatoms. The number of aromatic nitrogens is 2. The maximum absolute atomic E-state index is 14.0. The zero-order chi connectivity index (χ0) is 43.7. The molecule has 0 spiro atoms. The van der Waals surface area contributed by atoms with E-state index in [0.717, 1.165) is 84.3 Å². The molecule has 5 aromatic rings. The fraction of sp³-hybridized carbons (Fsp3) is 0.412. The summed E-state index contributed by atoms with van der Waals surface area (Å²) in [6.07, 6.45) is 4.76.